The molecule has 0 aliphatic heterocycles. The molecule has 0 saturated heterocycles. The van der Waals surface area contributed by atoms with Gasteiger partial charge < -0.3 is 4.18 Å². The lowest BCUT2D eigenvalue weighted by Crippen LogP contribution is -2.10. The smallest absolute Gasteiger partial charge is 0.349 e. The lowest BCUT2D eigenvalue weighted by Gasteiger charge is -2.06. The van der Waals surface area contributed by atoms with Crippen molar-refractivity contribution in [3.8, 4) is 5.75 Å². The minimum Gasteiger partial charge on any atom is -0.379 e. The molecule has 0 radical (unpaired) electrons. The Bertz CT molecular complexity index is 834. The van der Waals surface area contributed by atoms with E-state index < -0.39 is 31.3 Å². The maximum atomic E-state index is 12.0. The van der Waals surface area contributed by atoms with Gasteiger partial charge in [0.15, 0.2) is 0 Å². The summed E-state index contributed by atoms with van der Waals surface area (Å²) in [5, 5.41) is 21.5. The minimum absolute atomic E-state index is 0.143. The third kappa shape index (κ3) is 3.17. The highest BCUT2D eigenvalue weighted by atomic mass is 32.2. The first-order valence-electron chi connectivity index (χ1n) is 5.73. The molecule has 0 heterocycles. The van der Waals surface area contributed by atoms with Gasteiger partial charge in [0.05, 0.1) is 15.9 Å². The number of nitro benzene ring substituents is 2. The zero-order chi connectivity index (χ0) is 16.3. The summed E-state index contributed by atoms with van der Waals surface area (Å²) in [7, 11) is -4.18. The fourth-order valence-electron chi connectivity index (χ4n) is 1.62. The van der Waals surface area contributed by atoms with Crippen LogP contribution in [-0.4, -0.2) is 18.3 Å². The first kappa shape index (κ1) is 15.4. The molecule has 114 valence electrons. The Kier molecular flexibility index (Phi) is 4.04. The Hall–Kier alpha value is -3.01. The predicted octanol–water partition coefficient (Wildman–Crippen LogP) is 2.27. The zero-order valence-electron chi connectivity index (χ0n) is 10.8. The van der Waals surface area contributed by atoms with Gasteiger partial charge in [-0.3, -0.25) is 20.2 Å². The van der Waals surface area contributed by atoms with Crippen LogP contribution in [-0.2, 0) is 10.1 Å². The summed E-state index contributed by atoms with van der Waals surface area (Å²) >= 11 is 0. The van der Waals surface area contributed by atoms with Crippen molar-refractivity contribution in [1.82, 2.24) is 0 Å². The molecule has 0 spiro atoms. The molecule has 0 bridgehead atoms. The Labute approximate surface area is 124 Å². The van der Waals surface area contributed by atoms with E-state index in [0.29, 0.717) is 6.07 Å². The maximum absolute atomic E-state index is 12.0. The molecule has 0 fully saturated rings. The van der Waals surface area contributed by atoms with Crippen LogP contribution in [0.3, 0.4) is 0 Å². The Morgan fingerprint density at radius 2 is 1.45 bits per heavy atom. The van der Waals surface area contributed by atoms with Crippen LogP contribution in [0.5, 0.6) is 5.75 Å². The van der Waals surface area contributed by atoms with Crippen molar-refractivity contribution >= 4 is 21.5 Å². The maximum Gasteiger partial charge on any atom is 0.349 e. The number of rotatable bonds is 5. The topological polar surface area (TPSA) is 130 Å². The van der Waals surface area contributed by atoms with Crippen LogP contribution >= 0.6 is 0 Å². The molecule has 0 amide bonds. The molecular weight excluding hydrogens is 316 g/mol. The van der Waals surface area contributed by atoms with Crippen LogP contribution in [0, 0.1) is 20.2 Å². The van der Waals surface area contributed by atoms with Gasteiger partial charge in [-0.2, -0.15) is 8.42 Å². The molecular formula is C12H8N2O7S. The van der Waals surface area contributed by atoms with E-state index in [-0.39, 0.29) is 10.6 Å². The average molecular weight is 324 g/mol. The van der Waals surface area contributed by atoms with Gasteiger partial charge in [-0.05, 0) is 18.2 Å². The van der Waals surface area contributed by atoms with Crippen LogP contribution in [0.2, 0.25) is 0 Å². The van der Waals surface area contributed by atoms with E-state index in [2.05, 4.69) is 0 Å². The van der Waals surface area contributed by atoms with E-state index in [1.165, 1.54) is 24.3 Å². The lowest BCUT2D eigenvalue weighted by molar-refractivity contribution is -0.422. The van der Waals surface area contributed by atoms with Crippen LogP contribution in [0.15, 0.2) is 53.4 Å². The van der Waals surface area contributed by atoms with E-state index in [4.69, 9.17) is 4.18 Å². The van der Waals surface area contributed by atoms with Crippen molar-refractivity contribution in [1.29, 1.82) is 0 Å². The summed E-state index contributed by atoms with van der Waals surface area (Å²) in [6.07, 6.45) is 0. The molecule has 2 aromatic carbocycles. The SMILES string of the molecule is O=[N+]([O-])c1ccc(OS(=O)(=O)c2ccccc2)cc1[N+](=O)[O-]. The summed E-state index contributed by atoms with van der Waals surface area (Å²) in [6, 6.07) is 9.63. The van der Waals surface area contributed by atoms with E-state index in [1.54, 1.807) is 6.07 Å². The monoisotopic (exact) mass is 324 g/mol. The first-order chi connectivity index (χ1) is 10.3. The second-order valence-corrected chi connectivity index (χ2v) is 5.56. The molecule has 0 aromatic heterocycles. The molecule has 0 unspecified atom stereocenters. The molecule has 22 heavy (non-hydrogen) atoms. The van der Waals surface area contributed by atoms with Gasteiger partial charge in [0.25, 0.3) is 0 Å². The summed E-state index contributed by atoms with van der Waals surface area (Å²) < 4.78 is 28.7. The molecule has 2 aromatic rings. The fourth-order valence-corrected chi connectivity index (χ4v) is 2.56. The van der Waals surface area contributed by atoms with Crippen molar-refractivity contribution in [2.24, 2.45) is 0 Å². The van der Waals surface area contributed by atoms with Crippen LogP contribution < -0.4 is 4.18 Å². The minimum atomic E-state index is -4.18. The van der Waals surface area contributed by atoms with Crippen molar-refractivity contribution in [2.45, 2.75) is 4.90 Å². The molecule has 0 aliphatic carbocycles. The van der Waals surface area contributed by atoms with Crippen LogP contribution in [0.25, 0.3) is 0 Å². The van der Waals surface area contributed by atoms with E-state index in [9.17, 15) is 28.6 Å². The molecule has 10 heteroatoms. The van der Waals surface area contributed by atoms with Crippen molar-refractivity contribution in [3.63, 3.8) is 0 Å². The van der Waals surface area contributed by atoms with Gasteiger partial charge in [0.1, 0.15) is 10.6 Å². The molecule has 0 atom stereocenters. The third-order valence-electron chi connectivity index (χ3n) is 2.58. The molecule has 2 rings (SSSR count). The van der Waals surface area contributed by atoms with Gasteiger partial charge in [0.2, 0.25) is 0 Å². The third-order valence-corrected chi connectivity index (χ3v) is 3.84. The van der Waals surface area contributed by atoms with Gasteiger partial charge in [-0.15, -0.1) is 0 Å². The predicted molar refractivity (Wildman–Crippen MR) is 74.0 cm³/mol. The normalized spacial score (nSPS) is 10.9. The standard InChI is InChI=1S/C12H8N2O7S/c15-13(16)11-7-6-9(8-12(11)14(17)18)21-22(19,20)10-4-2-1-3-5-10/h1-8H. The fraction of sp³-hybridized carbons (Fsp3) is 0. The Morgan fingerprint density at radius 3 is 2.00 bits per heavy atom. The second kappa shape index (κ2) is 5.77. The summed E-state index contributed by atoms with van der Waals surface area (Å²) in [6.45, 7) is 0. The average Bonchev–Trinajstić information content (AvgIpc) is 2.47. The van der Waals surface area contributed by atoms with E-state index >= 15 is 0 Å². The number of nitro groups is 2. The number of hydrogen-bond donors (Lipinski definition) is 0. The highest BCUT2D eigenvalue weighted by molar-refractivity contribution is 7.87. The van der Waals surface area contributed by atoms with Gasteiger partial charge >= 0.3 is 21.5 Å². The van der Waals surface area contributed by atoms with Gasteiger partial charge in [-0.1, -0.05) is 18.2 Å². The number of nitrogens with zero attached hydrogens (tertiary/aromatic N) is 2. The van der Waals surface area contributed by atoms with Crippen molar-refractivity contribution < 1.29 is 22.4 Å². The molecule has 9 nitrogen and oxygen atoms in total. The van der Waals surface area contributed by atoms with Crippen molar-refractivity contribution in [2.75, 3.05) is 0 Å². The Balaban J connectivity index is 2.41. The van der Waals surface area contributed by atoms with Gasteiger partial charge in [-0.25, -0.2) is 0 Å². The van der Waals surface area contributed by atoms with Crippen LogP contribution in [0.1, 0.15) is 0 Å². The van der Waals surface area contributed by atoms with Crippen LogP contribution in [0.4, 0.5) is 11.4 Å². The first-order valence-corrected chi connectivity index (χ1v) is 7.14. The summed E-state index contributed by atoms with van der Waals surface area (Å²) in [5.74, 6) is -0.388. The highest BCUT2D eigenvalue weighted by Gasteiger charge is 2.26. The largest absolute Gasteiger partial charge is 0.379 e. The lowest BCUT2D eigenvalue weighted by atomic mass is 10.2. The zero-order valence-corrected chi connectivity index (χ0v) is 11.6. The highest BCUT2D eigenvalue weighted by Crippen LogP contribution is 2.31. The molecule has 0 saturated carbocycles. The molecule has 0 N–H and O–H groups in total. The summed E-state index contributed by atoms with van der Waals surface area (Å²) in [4.78, 5) is 19.4. The Morgan fingerprint density at radius 1 is 0.864 bits per heavy atom. The van der Waals surface area contributed by atoms with E-state index in [1.807, 2.05) is 0 Å². The molecule has 0 aliphatic rings. The number of hydrogen-bond acceptors (Lipinski definition) is 7. The van der Waals surface area contributed by atoms with Gasteiger partial charge in [0, 0.05) is 6.07 Å². The van der Waals surface area contributed by atoms with Crippen molar-refractivity contribution in [3.05, 3.63) is 68.8 Å². The van der Waals surface area contributed by atoms with E-state index in [0.717, 1.165) is 12.1 Å². The second-order valence-electron chi connectivity index (χ2n) is 4.02. The number of benzene rings is 2. The summed E-state index contributed by atoms with van der Waals surface area (Å²) in [5.41, 5.74) is -1.61. The quantitative estimate of drug-likeness (QED) is 0.468.